The summed E-state index contributed by atoms with van der Waals surface area (Å²) in [4.78, 5) is 21.9. The highest BCUT2D eigenvalue weighted by Gasteiger charge is 2.25. The number of pyridine rings is 1. The molecule has 0 aliphatic carbocycles. The number of aliphatic imine (C=N–C) groups is 1. The Bertz CT molecular complexity index is 587. The molecular weight excluding hydrogens is 457 g/mol. The van der Waals surface area contributed by atoms with Crippen LogP contribution in [0.1, 0.15) is 19.8 Å². The number of hydrogen-bond acceptors (Lipinski definition) is 4. The number of nitrogens with zero attached hydrogens (tertiary/aromatic N) is 3. The summed E-state index contributed by atoms with van der Waals surface area (Å²) in [7, 11) is 1.72. The fourth-order valence-corrected chi connectivity index (χ4v) is 2.69. The molecule has 1 atom stereocenters. The van der Waals surface area contributed by atoms with Crippen LogP contribution in [-0.4, -0.2) is 61.1 Å². The van der Waals surface area contributed by atoms with Crippen molar-refractivity contribution in [3.05, 3.63) is 23.4 Å². The Kier molecular flexibility index (Phi) is 9.88. The van der Waals surface area contributed by atoms with Crippen LogP contribution in [0.15, 0.2) is 23.3 Å². The molecule has 25 heavy (non-hydrogen) atoms. The Morgan fingerprint density at radius 1 is 1.56 bits per heavy atom. The maximum absolute atomic E-state index is 11.7. The highest BCUT2D eigenvalue weighted by Crippen LogP contribution is 2.19. The van der Waals surface area contributed by atoms with Crippen LogP contribution in [-0.2, 0) is 4.79 Å². The molecule has 9 heteroatoms. The zero-order valence-corrected chi connectivity index (χ0v) is 17.6. The molecule has 1 aromatic rings. The molecule has 1 unspecified atom stereocenters. The highest BCUT2D eigenvalue weighted by molar-refractivity contribution is 14.0. The lowest BCUT2D eigenvalue weighted by Gasteiger charge is -2.18. The molecule has 1 saturated heterocycles. The predicted molar refractivity (Wildman–Crippen MR) is 110 cm³/mol. The molecule has 2 N–H and O–H groups in total. The number of nitrogens with one attached hydrogen (secondary N) is 2. The van der Waals surface area contributed by atoms with E-state index < -0.39 is 0 Å². The van der Waals surface area contributed by atoms with Crippen LogP contribution in [0.2, 0.25) is 5.02 Å². The normalized spacial score (nSPS) is 17.0. The second-order valence-corrected chi connectivity index (χ2v) is 5.87. The largest absolute Gasteiger partial charge is 0.475 e. The van der Waals surface area contributed by atoms with E-state index in [0.29, 0.717) is 43.0 Å². The van der Waals surface area contributed by atoms with Gasteiger partial charge in [-0.3, -0.25) is 9.79 Å². The second kappa shape index (κ2) is 11.3. The maximum atomic E-state index is 11.7. The van der Waals surface area contributed by atoms with E-state index in [1.54, 1.807) is 25.4 Å². The standard InChI is InChI=1S/C16H24ClN5O2.HI/c1-3-14(23)22-9-6-12(11-22)21-16(18-2)20-8-10-24-15-13(17)5-4-7-19-15;/h4-5,7,12H,3,6,8-11H2,1-2H3,(H2,18,20,21);1H. The number of aromatic nitrogens is 1. The molecule has 2 heterocycles. The number of amides is 1. The van der Waals surface area contributed by atoms with E-state index in [0.717, 1.165) is 13.0 Å². The molecule has 0 bridgehead atoms. The van der Waals surface area contributed by atoms with Gasteiger partial charge in [0.15, 0.2) is 5.96 Å². The van der Waals surface area contributed by atoms with Crippen molar-refractivity contribution < 1.29 is 9.53 Å². The third kappa shape index (κ3) is 6.85. The van der Waals surface area contributed by atoms with E-state index in [2.05, 4.69) is 20.6 Å². The van der Waals surface area contributed by atoms with Crippen molar-refractivity contribution >= 4 is 47.4 Å². The number of carbonyl (C=O) groups is 1. The van der Waals surface area contributed by atoms with Gasteiger partial charge in [0.05, 0.1) is 6.54 Å². The fraction of sp³-hybridized carbons (Fsp3) is 0.562. The molecule has 1 amide bonds. The van der Waals surface area contributed by atoms with Gasteiger partial charge in [-0.2, -0.15) is 0 Å². The summed E-state index contributed by atoms with van der Waals surface area (Å²) in [6.07, 6.45) is 3.11. The van der Waals surface area contributed by atoms with Crippen molar-refractivity contribution in [3.8, 4) is 5.88 Å². The Morgan fingerprint density at radius 3 is 3.04 bits per heavy atom. The van der Waals surface area contributed by atoms with Crippen LogP contribution >= 0.6 is 35.6 Å². The second-order valence-electron chi connectivity index (χ2n) is 5.46. The zero-order chi connectivity index (χ0) is 17.4. The topological polar surface area (TPSA) is 78.9 Å². The predicted octanol–water partition coefficient (Wildman–Crippen LogP) is 1.91. The first-order chi connectivity index (χ1) is 11.6. The zero-order valence-electron chi connectivity index (χ0n) is 14.5. The van der Waals surface area contributed by atoms with E-state index >= 15 is 0 Å². The van der Waals surface area contributed by atoms with Crippen molar-refractivity contribution in [2.24, 2.45) is 4.99 Å². The van der Waals surface area contributed by atoms with Crippen LogP contribution in [0.4, 0.5) is 0 Å². The molecule has 140 valence electrons. The Morgan fingerprint density at radius 2 is 2.36 bits per heavy atom. The summed E-state index contributed by atoms with van der Waals surface area (Å²) in [5.41, 5.74) is 0. The average molecular weight is 482 g/mol. The number of carbonyl (C=O) groups excluding carboxylic acids is 1. The third-order valence-electron chi connectivity index (χ3n) is 3.77. The molecule has 0 aromatic carbocycles. The Hall–Kier alpha value is -1.29. The van der Waals surface area contributed by atoms with E-state index in [-0.39, 0.29) is 35.9 Å². The lowest BCUT2D eigenvalue weighted by Crippen LogP contribution is -2.46. The van der Waals surface area contributed by atoms with Gasteiger partial charge in [-0.1, -0.05) is 18.5 Å². The summed E-state index contributed by atoms with van der Waals surface area (Å²) >= 11 is 5.98. The molecule has 0 saturated carbocycles. The molecule has 2 rings (SSSR count). The number of halogens is 2. The number of rotatable bonds is 6. The van der Waals surface area contributed by atoms with Gasteiger partial charge in [0.1, 0.15) is 11.6 Å². The first-order valence-electron chi connectivity index (χ1n) is 8.12. The number of likely N-dealkylation sites (tertiary alicyclic amines) is 1. The Balaban J connectivity index is 0.00000312. The molecule has 0 radical (unpaired) electrons. The minimum atomic E-state index is 0. The molecule has 1 aromatic heterocycles. The third-order valence-corrected chi connectivity index (χ3v) is 4.05. The van der Waals surface area contributed by atoms with Crippen molar-refractivity contribution in [2.45, 2.75) is 25.8 Å². The van der Waals surface area contributed by atoms with Crippen LogP contribution in [0, 0.1) is 0 Å². The maximum Gasteiger partial charge on any atom is 0.232 e. The van der Waals surface area contributed by atoms with E-state index in [4.69, 9.17) is 16.3 Å². The van der Waals surface area contributed by atoms with Gasteiger partial charge in [0.25, 0.3) is 0 Å². The molecule has 1 aliphatic heterocycles. The van der Waals surface area contributed by atoms with E-state index in [1.165, 1.54) is 0 Å². The molecular formula is C16H25ClIN5O2. The van der Waals surface area contributed by atoms with Crippen LogP contribution in [0.3, 0.4) is 0 Å². The summed E-state index contributed by atoms with van der Waals surface area (Å²) in [6, 6.07) is 3.71. The quantitative estimate of drug-likeness (QED) is 0.281. The molecule has 1 aliphatic rings. The van der Waals surface area contributed by atoms with Crippen molar-refractivity contribution in [2.75, 3.05) is 33.3 Å². The summed E-state index contributed by atoms with van der Waals surface area (Å²) < 4.78 is 5.52. The first kappa shape index (κ1) is 21.8. The van der Waals surface area contributed by atoms with Crippen molar-refractivity contribution in [3.63, 3.8) is 0 Å². The lowest BCUT2D eigenvalue weighted by atomic mass is 10.3. The minimum Gasteiger partial charge on any atom is -0.475 e. The van der Waals surface area contributed by atoms with Gasteiger partial charge in [0.2, 0.25) is 11.8 Å². The smallest absolute Gasteiger partial charge is 0.232 e. The molecule has 1 fully saturated rings. The van der Waals surface area contributed by atoms with Crippen LogP contribution < -0.4 is 15.4 Å². The highest BCUT2D eigenvalue weighted by atomic mass is 127. The number of guanidine groups is 1. The SMILES string of the molecule is CCC(=O)N1CCC(NC(=NC)NCCOc2ncccc2Cl)C1.I. The van der Waals surface area contributed by atoms with Crippen molar-refractivity contribution in [1.29, 1.82) is 0 Å². The van der Waals surface area contributed by atoms with Crippen LogP contribution in [0.5, 0.6) is 5.88 Å². The summed E-state index contributed by atoms with van der Waals surface area (Å²) in [6.45, 7) is 4.38. The Labute approximate surface area is 170 Å². The van der Waals surface area contributed by atoms with Gasteiger partial charge < -0.3 is 20.3 Å². The summed E-state index contributed by atoms with van der Waals surface area (Å²) in [5, 5.41) is 7.01. The van der Waals surface area contributed by atoms with Gasteiger partial charge in [0, 0.05) is 38.8 Å². The average Bonchev–Trinajstić information content (AvgIpc) is 3.06. The molecule has 0 spiro atoms. The summed E-state index contributed by atoms with van der Waals surface area (Å²) in [5.74, 6) is 1.32. The van der Waals surface area contributed by atoms with E-state index in [9.17, 15) is 4.79 Å². The minimum absolute atomic E-state index is 0. The number of ether oxygens (including phenoxy) is 1. The lowest BCUT2D eigenvalue weighted by molar-refractivity contribution is -0.129. The van der Waals surface area contributed by atoms with E-state index in [1.807, 2.05) is 11.8 Å². The monoisotopic (exact) mass is 481 g/mol. The van der Waals surface area contributed by atoms with Gasteiger partial charge in [-0.15, -0.1) is 24.0 Å². The number of hydrogen-bond donors (Lipinski definition) is 2. The van der Waals surface area contributed by atoms with Crippen LogP contribution in [0.25, 0.3) is 0 Å². The van der Waals surface area contributed by atoms with Gasteiger partial charge >= 0.3 is 0 Å². The van der Waals surface area contributed by atoms with Gasteiger partial charge in [-0.25, -0.2) is 4.98 Å². The molecule has 7 nitrogen and oxygen atoms in total. The first-order valence-corrected chi connectivity index (χ1v) is 8.50. The fourth-order valence-electron chi connectivity index (χ4n) is 2.51. The van der Waals surface area contributed by atoms with Crippen molar-refractivity contribution in [1.82, 2.24) is 20.5 Å². The van der Waals surface area contributed by atoms with Gasteiger partial charge in [-0.05, 0) is 18.6 Å².